The minimum Gasteiger partial charge on any atom is -0.504 e. The van der Waals surface area contributed by atoms with Gasteiger partial charge in [-0.3, -0.25) is 0 Å². The second-order valence-corrected chi connectivity index (χ2v) is 3.55. The van der Waals surface area contributed by atoms with Gasteiger partial charge in [0, 0.05) is 24.6 Å². The maximum Gasteiger partial charge on any atom is 0.336 e. The van der Waals surface area contributed by atoms with Gasteiger partial charge in [-0.05, 0) is 12.3 Å². The Labute approximate surface area is 96.8 Å². The molecule has 0 saturated heterocycles. The molecule has 2 aromatic rings. The van der Waals surface area contributed by atoms with Crippen LogP contribution in [-0.2, 0) is 0 Å². The largest absolute Gasteiger partial charge is 0.504 e. The molecule has 0 aliphatic carbocycles. The summed E-state index contributed by atoms with van der Waals surface area (Å²) in [4.78, 5) is 12.6. The minimum absolute atomic E-state index is 0.205. The normalized spacial score (nSPS) is 10.4. The molecule has 1 aromatic heterocycles. The molecule has 0 spiro atoms. The van der Waals surface area contributed by atoms with Gasteiger partial charge in [-0.1, -0.05) is 6.58 Å². The highest BCUT2D eigenvalue weighted by Gasteiger charge is 2.16. The third kappa shape index (κ3) is 1.71. The second-order valence-electron chi connectivity index (χ2n) is 3.55. The fraction of sp³-hybridized carbons (Fsp3) is 0.0833. The number of rotatable bonds is 2. The average Bonchev–Trinajstić information content (AvgIpc) is 2.30. The Balaban J connectivity index is 2.92. The number of benzene rings is 1. The van der Waals surface area contributed by atoms with E-state index in [1.165, 1.54) is 29.3 Å². The van der Waals surface area contributed by atoms with Crippen LogP contribution in [0.25, 0.3) is 11.0 Å². The summed E-state index contributed by atoms with van der Waals surface area (Å²) in [7, 11) is 1.66. The molecule has 17 heavy (non-hydrogen) atoms. The molecule has 0 saturated carbocycles. The molecule has 1 heterocycles. The van der Waals surface area contributed by atoms with Crippen molar-refractivity contribution < 1.29 is 14.6 Å². The Hall–Kier alpha value is -2.43. The first-order chi connectivity index (χ1) is 8.04. The van der Waals surface area contributed by atoms with Crippen molar-refractivity contribution in [2.75, 3.05) is 11.9 Å². The maximum absolute atomic E-state index is 11.1. The van der Waals surface area contributed by atoms with Crippen LogP contribution >= 0.6 is 0 Å². The fourth-order valence-corrected chi connectivity index (χ4v) is 1.62. The van der Waals surface area contributed by atoms with Gasteiger partial charge in [0.05, 0.1) is 5.69 Å². The third-order valence-corrected chi connectivity index (χ3v) is 2.48. The van der Waals surface area contributed by atoms with Crippen LogP contribution in [0.5, 0.6) is 11.5 Å². The standard InChI is InChI=1S/C12H11NO4/c1-3-13(2)11-7-4-5-10(15)17-9(7)6-8(14)12(11)16/h3-6,14,16H,1H2,2H3. The maximum atomic E-state index is 11.1. The van der Waals surface area contributed by atoms with E-state index in [9.17, 15) is 15.0 Å². The van der Waals surface area contributed by atoms with Gasteiger partial charge in [0.25, 0.3) is 0 Å². The van der Waals surface area contributed by atoms with E-state index in [1.54, 1.807) is 7.05 Å². The summed E-state index contributed by atoms with van der Waals surface area (Å²) in [6, 6.07) is 3.97. The number of phenols is 2. The molecule has 0 aliphatic rings. The lowest BCUT2D eigenvalue weighted by molar-refractivity contribution is 0.404. The average molecular weight is 233 g/mol. The summed E-state index contributed by atoms with van der Waals surface area (Å²) in [5.41, 5.74) is 0.0186. The van der Waals surface area contributed by atoms with E-state index in [0.717, 1.165) is 0 Å². The molecule has 1 aromatic carbocycles. The van der Waals surface area contributed by atoms with Gasteiger partial charge >= 0.3 is 5.63 Å². The molecular weight excluding hydrogens is 222 g/mol. The van der Waals surface area contributed by atoms with Crippen LogP contribution in [0.4, 0.5) is 5.69 Å². The van der Waals surface area contributed by atoms with E-state index < -0.39 is 5.63 Å². The number of hydrogen-bond donors (Lipinski definition) is 2. The van der Waals surface area contributed by atoms with Gasteiger partial charge in [-0.15, -0.1) is 0 Å². The van der Waals surface area contributed by atoms with Crippen molar-refractivity contribution >= 4 is 16.7 Å². The van der Waals surface area contributed by atoms with Crippen molar-refractivity contribution in [2.24, 2.45) is 0 Å². The van der Waals surface area contributed by atoms with E-state index in [2.05, 4.69) is 6.58 Å². The molecule has 0 radical (unpaired) electrons. The number of fused-ring (bicyclic) bond motifs is 1. The first-order valence-corrected chi connectivity index (χ1v) is 4.88. The van der Waals surface area contributed by atoms with Crippen molar-refractivity contribution in [1.82, 2.24) is 0 Å². The monoisotopic (exact) mass is 233 g/mol. The van der Waals surface area contributed by atoms with Crippen LogP contribution in [0.2, 0.25) is 0 Å². The van der Waals surface area contributed by atoms with Crippen molar-refractivity contribution in [3.63, 3.8) is 0 Å². The smallest absolute Gasteiger partial charge is 0.336 e. The zero-order chi connectivity index (χ0) is 12.6. The molecule has 2 rings (SSSR count). The van der Waals surface area contributed by atoms with Gasteiger partial charge < -0.3 is 19.5 Å². The van der Waals surface area contributed by atoms with E-state index in [4.69, 9.17) is 4.42 Å². The van der Waals surface area contributed by atoms with Gasteiger partial charge in [-0.2, -0.15) is 0 Å². The van der Waals surface area contributed by atoms with E-state index >= 15 is 0 Å². The van der Waals surface area contributed by atoms with Gasteiger partial charge in [0.1, 0.15) is 5.58 Å². The summed E-state index contributed by atoms with van der Waals surface area (Å²) < 4.78 is 4.95. The van der Waals surface area contributed by atoms with Crippen LogP contribution < -0.4 is 10.5 Å². The molecule has 88 valence electrons. The van der Waals surface area contributed by atoms with Gasteiger partial charge in [0.15, 0.2) is 11.5 Å². The van der Waals surface area contributed by atoms with Crippen molar-refractivity contribution in [1.29, 1.82) is 0 Å². The van der Waals surface area contributed by atoms with Crippen molar-refractivity contribution in [3.05, 3.63) is 41.4 Å². The first kappa shape index (κ1) is 11.1. The Bertz CT molecular complexity index is 645. The van der Waals surface area contributed by atoms with E-state index in [0.29, 0.717) is 11.1 Å². The Morgan fingerprint density at radius 1 is 1.41 bits per heavy atom. The number of hydrogen-bond acceptors (Lipinski definition) is 5. The number of phenolic OH excluding ortho intramolecular Hbond substituents is 2. The van der Waals surface area contributed by atoms with Crippen molar-refractivity contribution in [3.8, 4) is 11.5 Å². The van der Waals surface area contributed by atoms with Crippen LogP contribution in [0.3, 0.4) is 0 Å². The summed E-state index contributed by atoms with van der Waals surface area (Å²) in [5.74, 6) is -0.635. The molecule has 0 aliphatic heterocycles. The van der Waals surface area contributed by atoms with Crippen molar-refractivity contribution in [2.45, 2.75) is 0 Å². The summed E-state index contributed by atoms with van der Waals surface area (Å²) >= 11 is 0. The predicted molar refractivity (Wildman–Crippen MR) is 64.4 cm³/mol. The summed E-state index contributed by atoms with van der Waals surface area (Å²) in [6.07, 6.45) is 1.47. The lowest BCUT2D eigenvalue weighted by Crippen LogP contribution is -2.08. The highest BCUT2D eigenvalue weighted by atomic mass is 16.4. The quantitative estimate of drug-likeness (QED) is 0.611. The number of anilines is 1. The minimum atomic E-state index is -0.519. The zero-order valence-electron chi connectivity index (χ0n) is 9.17. The fourth-order valence-electron chi connectivity index (χ4n) is 1.62. The number of nitrogens with zero attached hydrogens (tertiary/aromatic N) is 1. The lowest BCUT2D eigenvalue weighted by Gasteiger charge is -2.17. The third-order valence-electron chi connectivity index (χ3n) is 2.48. The summed E-state index contributed by atoms with van der Waals surface area (Å²) in [6.45, 7) is 3.57. The summed E-state index contributed by atoms with van der Waals surface area (Å²) in [5, 5.41) is 19.9. The van der Waals surface area contributed by atoms with Crippen LogP contribution in [0.1, 0.15) is 0 Å². The SMILES string of the molecule is C=CN(C)c1c(O)c(O)cc2oc(=O)ccc12. The Morgan fingerprint density at radius 2 is 2.12 bits per heavy atom. The zero-order valence-corrected chi connectivity index (χ0v) is 9.17. The first-order valence-electron chi connectivity index (χ1n) is 4.88. The molecule has 5 heteroatoms. The molecular formula is C12H11NO4. The molecule has 5 nitrogen and oxygen atoms in total. The molecule has 2 N–H and O–H groups in total. The second kappa shape index (κ2) is 3.86. The molecule has 0 fully saturated rings. The van der Waals surface area contributed by atoms with E-state index in [1.807, 2.05) is 0 Å². The molecule has 0 atom stereocenters. The molecule has 0 bridgehead atoms. The van der Waals surface area contributed by atoms with E-state index in [-0.39, 0.29) is 17.1 Å². The number of aromatic hydroxyl groups is 2. The van der Waals surface area contributed by atoms with Crippen LogP contribution in [0.15, 0.2) is 40.2 Å². The molecule has 0 amide bonds. The van der Waals surface area contributed by atoms with Crippen LogP contribution in [-0.4, -0.2) is 17.3 Å². The lowest BCUT2D eigenvalue weighted by atomic mass is 10.1. The van der Waals surface area contributed by atoms with Gasteiger partial charge in [0.2, 0.25) is 0 Å². The Kier molecular flexibility index (Phi) is 2.51. The topological polar surface area (TPSA) is 73.9 Å². The highest BCUT2D eigenvalue weighted by molar-refractivity contribution is 5.96. The van der Waals surface area contributed by atoms with Gasteiger partial charge in [-0.25, -0.2) is 4.79 Å². The Morgan fingerprint density at radius 3 is 2.76 bits per heavy atom. The van der Waals surface area contributed by atoms with Crippen LogP contribution in [0, 0.1) is 0 Å². The molecule has 0 unspecified atom stereocenters. The predicted octanol–water partition coefficient (Wildman–Crippen LogP) is 1.78. The highest BCUT2D eigenvalue weighted by Crippen LogP contribution is 2.41.